The second-order valence-electron chi connectivity index (χ2n) is 7.15. The number of ether oxygens (including phenoxy) is 1. The third kappa shape index (κ3) is 5.71. The zero-order valence-corrected chi connectivity index (χ0v) is 16.5. The van der Waals surface area contributed by atoms with Gasteiger partial charge in [-0.05, 0) is 44.9 Å². The fourth-order valence-corrected chi connectivity index (χ4v) is 3.12. The maximum atomic E-state index is 12.2. The molecule has 1 atom stereocenters. The number of hydrogen-bond donors (Lipinski definition) is 1. The molecule has 1 saturated heterocycles. The number of hydrogen-bond acceptors (Lipinski definition) is 4. The topological polar surface area (TPSA) is 70.1 Å². The van der Waals surface area contributed by atoms with Crippen LogP contribution in [0.4, 0.5) is 4.79 Å². The Kier molecular flexibility index (Phi) is 6.46. The summed E-state index contributed by atoms with van der Waals surface area (Å²) in [7, 11) is 0. The number of halogens is 1. The monoisotopic (exact) mass is 412 g/mol. The van der Waals surface area contributed by atoms with E-state index in [-0.39, 0.29) is 6.09 Å². The van der Waals surface area contributed by atoms with Crippen LogP contribution in [0.15, 0.2) is 28.7 Å². The maximum Gasteiger partial charge on any atom is 0.410 e. The molecule has 138 valence electrons. The fourth-order valence-electron chi connectivity index (χ4n) is 2.86. The minimum atomic E-state index is -0.881. The second kappa shape index (κ2) is 8.19. The minimum absolute atomic E-state index is 0.343. The van der Waals surface area contributed by atoms with E-state index in [9.17, 15) is 14.7 Å². The van der Waals surface area contributed by atoms with E-state index in [1.54, 1.807) is 4.90 Å². The molecule has 1 aliphatic rings. The molecular weight excluding hydrogens is 388 g/mol. The number of carboxylic acid groups (broad SMARTS) is 1. The molecule has 1 aliphatic heterocycles. The molecule has 0 radical (unpaired) electrons. The Morgan fingerprint density at radius 2 is 1.76 bits per heavy atom. The third-order valence-corrected chi connectivity index (χ3v) is 4.50. The molecule has 25 heavy (non-hydrogen) atoms. The van der Waals surface area contributed by atoms with Crippen LogP contribution in [0.5, 0.6) is 0 Å². The van der Waals surface area contributed by atoms with Gasteiger partial charge >= 0.3 is 12.1 Å². The van der Waals surface area contributed by atoms with E-state index in [0.717, 1.165) is 10.0 Å². The van der Waals surface area contributed by atoms with Crippen LogP contribution in [0.3, 0.4) is 0 Å². The summed E-state index contributed by atoms with van der Waals surface area (Å²) in [6, 6.07) is 6.61. The van der Waals surface area contributed by atoms with Crippen molar-refractivity contribution in [1.82, 2.24) is 9.80 Å². The van der Waals surface area contributed by atoms with Crippen molar-refractivity contribution in [2.24, 2.45) is 0 Å². The molecule has 0 aliphatic carbocycles. The Bertz CT molecular complexity index is 612. The highest BCUT2D eigenvalue weighted by Gasteiger charge is 2.31. The third-order valence-electron chi connectivity index (χ3n) is 3.97. The van der Waals surface area contributed by atoms with Gasteiger partial charge in [-0.15, -0.1) is 0 Å². The number of benzene rings is 1. The van der Waals surface area contributed by atoms with Gasteiger partial charge in [0.25, 0.3) is 0 Å². The van der Waals surface area contributed by atoms with Gasteiger partial charge in [0.05, 0.1) is 0 Å². The average Bonchev–Trinajstić information content (AvgIpc) is 2.73. The first-order chi connectivity index (χ1) is 11.7. The van der Waals surface area contributed by atoms with Crippen molar-refractivity contribution in [3.05, 3.63) is 34.3 Å². The number of carbonyl (C=O) groups is 2. The molecule has 0 bridgehead atoms. The molecule has 0 aromatic heterocycles. The predicted molar refractivity (Wildman–Crippen MR) is 98.5 cm³/mol. The van der Waals surface area contributed by atoms with E-state index >= 15 is 0 Å². The first-order valence-corrected chi connectivity index (χ1v) is 9.17. The molecule has 1 amide bonds. The van der Waals surface area contributed by atoms with E-state index in [2.05, 4.69) is 15.9 Å². The summed E-state index contributed by atoms with van der Waals surface area (Å²) in [6.45, 7) is 7.64. The molecule has 7 heteroatoms. The molecule has 1 heterocycles. The molecule has 0 spiro atoms. The molecule has 1 aromatic rings. The highest BCUT2D eigenvalue weighted by molar-refractivity contribution is 9.10. The zero-order chi connectivity index (χ0) is 18.6. The van der Waals surface area contributed by atoms with Crippen molar-refractivity contribution in [2.75, 3.05) is 26.2 Å². The van der Waals surface area contributed by atoms with Gasteiger partial charge in [0.1, 0.15) is 11.6 Å². The van der Waals surface area contributed by atoms with Gasteiger partial charge in [-0.25, -0.2) is 4.79 Å². The van der Waals surface area contributed by atoms with Crippen molar-refractivity contribution in [2.45, 2.75) is 38.8 Å². The van der Waals surface area contributed by atoms with Crippen LogP contribution in [-0.4, -0.2) is 58.7 Å². The van der Waals surface area contributed by atoms with Gasteiger partial charge in [-0.3, -0.25) is 9.69 Å². The summed E-state index contributed by atoms with van der Waals surface area (Å²) >= 11 is 3.37. The highest BCUT2D eigenvalue weighted by Crippen LogP contribution is 2.24. The number of rotatable bonds is 3. The molecular formula is C18H25BrN2O4. The van der Waals surface area contributed by atoms with E-state index in [0.29, 0.717) is 32.6 Å². The van der Waals surface area contributed by atoms with Crippen LogP contribution >= 0.6 is 15.9 Å². The number of nitrogens with zero attached hydrogens (tertiary/aromatic N) is 2. The smallest absolute Gasteiger partial charge is 0.410 e. The van der Waals surface area contributed by atoms with Crippen LogP contribution in [0.25, 0.3) is 0 Å². The van der Waals surface area contributed by atoms with Crippen molar-refractivity contribution in [3.63, 3.8) is 0 Å². The predicted octanol–water partition coefficient (Wildman–Crippen LogP) is 3.52. The summed E-state index contributed by atoms with van der Waals surface area (Å²) in [4.78, 5) is 27.7. The Hall–Kier alpha value is -1.60. The Labute approximate surface area is 156 Å². The lowest BCUT2D eigenvalue weighted by atomic mass is 10.1. The van der Waals surface area contributed by atoms with Crippen LogP contribution in [0, 0.1) is 0 Å². The van der Waals surface area contributed by atoms with Gasteiger partial charge in [-0.1, -0.05) is 28.1 Å². The van der Waals surface area contributed by atoms with Crippen molar-refractivity contribution in [1.29, 1.82) is 0 Å². The fraction of sp³-hybridized carbons (Fsp3) is 0.556. The zero-order valence-electron chi connectivity index (χ0n) is 14.9. The summed E-state index contributed by atoms with van der Waals surface area (Å²) in [5.74, 6) is -0.881. The van der Waals surface area contributed by atoms with Crippen molar-refractivity contribution >= 4 is 28.0 Å². The summed E-state index contributed by atoms with van der Waals surface area (Å²) in [6.07, 6.45) is 0.365. The SMILES string of the molecule is CC(C)(C)OC(=O)N1CCCN(C(C(=O)O)c2ccc(Br)cc2)CC1. The van der Waals surface area contributed by atoms with Gasteiger partial charge in [-0.2, -0.15) is 0 Å². The number of aliphatic carboxylic acids is 1. The highest BCUT2D eigenvalue weighted by atomic mass is 79.9. The minimum Gasteiger partial charge on any atom is -0.480 e. The standard InChI is InChI=1S/C18H25BrN2O4/c1-18(2,3)25-17(24)21-10-4-9-20(11-12-21)15(16(22)23)13-5-7-14(19)8-6-13/h5-8,15H,4,9-12H2,1-3H3,(H,22,23). The Morgan fingerprint density at radius 1 is 1.12 bits per heavy atom. The van der Waals surface area contributed by atoms with E-state index in [4.69, 9.17) is 4.74 Å². The van der Waals surface area contributed by atoms with Gasteiger partial charge < -0.3 is 14.7 Å². The van der Waals surface area contributed by atoms with Crippen LogP contribution in [0.1, 0.15) is 38.8 Å². The number of carbonyl (C=O) groups excluding carboxylic acids is 1. The van der Waals surface area contributed by atoms with Crippen LogP contribution in [-0.2, 0) is 9.53 Å². The first kappa shape index (κ1) is 19.7. The molecule has 1 unspecified atom stereocenters. The normalized spacial score (nSPS) is 17.7. The lowest BCUT2D eigenvalue weighted by Gasteiger charge is -2.28. The van der Waals surface area contributed by atoms with Gasteiger partial charge in [0.2, 0.25) is 0 Å². The quantitative estimate of drug-likeness (QED) is 0.821. The van der Waals surface area contributed by atoms with E-state index in [1.165, 1.54) is 0 Å². The Balaban J connectivity index is 2.08. The molecule has 2 rings (SSSR count). The second-order valence-corrected chi connectivity index (χ2v) is 8.06. The molecule has 1 fully saturated rings. The van der Waals surface area contributed by atoms with Crippen LogP contribution < -0.4 is 0 Å². The first-order valence-electron chi connectivity index (χ1n) is 8.37. The van der Waals surface area contributed by atoms with E-state index in [1.807, 2.05) is 49.9 Å². The van der Waals surface area contributed by atoms with Crippen molar-refractivity contribution < 1.29 is 19.4 Å². The number of amides is 1. The lowest BCUT2D eigenvalue weighted by molar-refractivity contribution is -0.143. The summed E-state index contributed by atoms with van der Waals surface area (Å²) in [5.41, 5.74) is 0.200. The summed E-state index contributed by atoms with van der Waals surface area (Å²) < 4.78 is 6.33. The molecule has 1 N–H and O–H groups in total. The van der Waals surface area contributed by atoms with Gasteiger partial charge in [0, 0.05) is 30.7 Å². The van der Waals surface area contributed by atoms with E-state index < -0.39 is 17.6 Å². The average molecular weight is 413 g/mol. The van der Waals surface area contributed by atoms with Crippen LogP contribution in [0.2, 0.25) is 0 Å². The Morgan fingerprint density at radius 3 is 2.32 bits per heavy atom. The molecule has 0 saturated carbocycles. The lowest BCUT2D eigenvalue weighted by Crippen LogP contribution is -2.40. The van der Waals surface area contributed by atoms with Crippen molar-refractivity contribution in [3.8, 4) is 0 Å². The largest absolute Gasteiger partial charge is 0.480 e. The number of carboxylic acids is 1. The molecule has 6 nitrogen and oxygen atoms in total. The molecule has 1 aromatic carbocycles. The summed E-state index contributed by atoms with van der Waals surface area (Å²) in [5, 5.41) is 9.71. The maximum absolute atomic E-state index is 12.2. The van der Waals surface area contributed by atoms with Gasteiger partial charge in [0.15, 0.2) is 0 Å².